The lowest BCUT2D eigenvalue weighted by Crippen LogP contribution is -2.49. The van der Waals surface area contributed by atoms with Crippen LogP contribution in [0.25, 0.3) is 0 Å². The van der Waals surface area contributed by atoms with Gasteiger partial charge in [-0.15, -0.1) is 0 Å². The van der Waals surface area contributed by atoms with Crippen molar-refractivity contribution in [2.75, 3.05) is 18.4 Å². The highest BCUT2D eigenvalue weighted by molar-refractivity contribution is 5.96. The molecule has 1 aliphatic heterocycles. The Morgan fingerprint density at radius 2 is 1.79 bits per heavy atom. The monoisotopic (exact) mass is 329 g/mol. The summed E-state index contributed by atoms with van der Waals surface area (Å²) in [4.78, 5) is 26.0. The molecule has 2 fully saturated rings. The molecule has 5 nitrogen and oxygen atoms in total. The predicted molar refractivity (Wildman–Crippen MR) is 94.7 cm³/mol. The van der Waals surface area contributed by atoms with Crippen LogP contribution in [0.15, 0.2) is 24.3 Å². The first kappa shape index (κ1) is 17.0. The lowest BCUT2D eigenvalue weighted by atomic mass is 9.75. The van der Waals surface area contributed by atoms with Gasteiger partial charge in [0, 0.05) is 17.8 Å². The van der Waals surface area contributed by atoms with Crippen molar-refractivity contribution >= 4 is 17.5 Å². The van der Waals surface area contributed by atoms with E-state index in [0.29, 0.717) is 11.3 Å². The van der Waals surface area contributed by atoms with Crippen molar-refractivity contribution in [2.45, 2.75) is 45.1 Å². The molecule has 3 atom stereocenters. The van der Waals surface area contributed by atoms with Crippen molar-refractivity contribution in [1.82, 2.24) is 4.90 Å². The number of carbonyl (C=O) groups is 2. The van der Waals surface area contributed by atoms with Crippen LogP contribution in [-0.2, 0) is 4.79 Å². The summed E-state index contributed by atoms with van der Waals surface area (Å²) in [5, 5.41) is 2.94. The third-order valence-corrected chi connectivity index (χ3v) is 5.69. The number of primary amides is 1. The van der Waals surface area contributed by atoms with Gasteiger partial charge in [0.2, 0.25) is 11.8 Å². The second kappa shape index (κ2) is 7.34. The molecule has 1 aromatic rings. The minimum absolute atomic E-state index is 0.0103. The topological polar surface area (TPSA) is 75.4 Å². The second-order valence-electron chi connectivity index (χ2n) is 7.20. The summed E-state index contributed by atoms with van der Waals surface area (Å²) in [6.07, 6.45) is 6.60. The summed E-state index contributed by atoms with van der Waals surface area (Å²) in [6, 6.07) is 6.58. The fourth-order valence-corrected chi connectivity index (χ4v) is 4.11. The van der Waals surface area contributed by atoms with Gasteiger partial charge in [0.05, 0.1) is 6.04 Å². The molecule has 3 rings (SSSR count). The first-order valence-electron chi connectivity index (χ1n) is 8.99. The number of benzene rings is 1. The lowest BCUT2D eigenvalue weighted by Gasteiger charge is -2.43. The molecule has 24 heavy (non-hydrogen) atoms. The van der Waals surface area contributed by atoms with Crippen molar-refractivity contribution in [2.24, 2.45) is 17.6 Å². The SMILES string of the molecule is C[C@H](C(=O)Nc1ccc(C(N)=O)cc1)N1CC[C@H]2CCCC[C@H]2C1. The minimum atomic E-state index is -0.461. The number of carbonyl (C=O) groups excluding carboxylic acids is 2. The molecule has 0 bridgehead atoms. The number of piperidine rings is 1. The van der Waals surface area contributed by atoms with E-state index in [1.807, 2.05) is 6.92 Å². The van der Waals surface area contributed by atoms with Gasteiger partial charge in [-0.05, 0) is 62.4 Å². The van der Waals surface area contributed by atoms with Gasteiger partial charge in [-0.1, -0.05) is 19.3 Å². The number of hydrogen-bond acceptors (Lipinski definition) is 3. The molecule has 5 heteroatoms. The maximum atomic E-state index is 12.5. The standard InChI is InChI=1S/C19H27N3O2/c1-13(22-11-10-14-4-2-3-5-16(14)12-22)19(24)21-17-8-6-15(7-9-17)18(20)23/h6-9,13-14,16H,2-5,10-12H2,1H3,(H2,20,23)(H,21,24)/t13-,14-,16+/m1/s1. The summed E-state index contributed by atoms with van der Waals surface area (Å²) >= 11 is 0. The molecule has 1 heterocycles. The molecule has 2 aliphatic rings. The van der Waals surface area contributed by atoms with Crippen LogP contribution < -0.4 is 11.1 Å². The highest BCUT2D eigenvalue weighted by Gasteiger charge is 2.34. The van der Waals surface area contributed by atoms with E-state index in [9.17, 15) is 9.59 Å². The number of hydrogen-bond donors (Lipinski definition) is 2. The van der Waals surface area contributed by atoms with E-state index < -0.39 is 5.91 Å². The zero-order valence-corrected chi connectivity index (χ0v) is 14.3. The summed E-state index contributed by atoms with van der Waals surface area (Å²) in [7, 11) is 0. The Hall–Kier alpha value is -1.88. The fraction of sp³-hybridized carbons (Fsp3) is 0.579. The maximum absolute atomic E-state index is 12.5. The van der Waals surface area contributed by atoms with Gasteiger partial charge < -0.3 is 11.1 Å². The van der Waals surface area contributed by atoms with Gasteiger partial charge in [-0.2, -0.15) is 0 Å². The number of amides is 2. The van der Waals surface area contributed by atoms with Crippen LogP contribution in [0.4, 0.5) is 5.69 Å². The molecule has 130 valence electrons. The number of fused-ring (bicyclic) bond motifs is 1. The van der Waals surface area contributed by atoms with Crippen molar-refractivity contribution < 1.29 is 9.59 Å². The van der Waals surface area contributed by atoms with Crippen molar-refractivity contribution in [3.63, 3.8) is 0 Å². The van der Waals surface area contributed by atoms with Gasteiger partial charge in [0.25, 0.3) is 0 Å². The first-order chi connectivity index (χ1) is 11.5. The van der Waals surface area contributed by atoms with E-state index in [1.54, 1.807) is 24.3 Å². The molecule has 0 unspecified atom stereocenters. The number of likely N-dealkylation sites (tertiary alicyclic amines) is 1. The van der Waals surface area contributed by atoms with E-state index in [0.717, 1.165) is 24.9 Å². The molecule has 1 aliphatic carbocycles. The summed E-state index contributed by atoms with van der Waals surface area (Å²) in [5.74, 6) is 1.18. The highest BCUT2D eigenvalue weighted by Crippen LogP contribution is 2.36. The Bertz CT molecular complexity index is 599. The molecule has 1 saturated carbocycles. The normalized spacial score (nSPS) is 25.5. The Kier molecular flexibility index (Phi) is 5.19. The molecular formula is C19H27N3O2. The average Bonchev–Trinajstić information content (AvgIpc) is 2.61. The highest BCUT2D eigenvalue weighted by atomic mass is 16.2. The maximum Gasteiger partial charge on any atom is 0.248 e. The molecule has 3 N–H and O–H groups in total. The van der Waals surface area contributed by atoms with Gasteiger partial charge in [-0.25, -0.2) is 0 Å². The van der Waals surface area contributed by atoms with Crippen molar-refractivity contribution in [1.29, 1.82) is 0 Å². The third-order valence-electron chi connectivity index (χ3n) is 5.69. The van der Waals surface area contributed by atoms with Gasteiger partial charge >= 0.3 is 0 Å². The fourth-order valence-electron chi connectivity index (χ4n) is 4.11. The van der Waals surface area contributed by atoms with E-state index in [4.69, 9.17) is 5.73 Å². The van der Waals surface area contributed by atoms with Crippen LogP contribution in [0.1, 0.15) is 49.4 Å². The van der Waals surface area contributed by atoms with Gasteiger partial charge in [-0.3, -0.25) is 14.5 Å². The van der Waals surface area contributed by atoms with Crippen LogP contribution >= 0.6 is 0 Å². The van der Waals surface area contributed by atoms with E-state index in [2.05, 4.69) is 10.2 Å². The van der Waals surface area contributed by atoms with Crippen molar-refractivity contribution in [3.8, 4) is 0 Å². The Morgan fingerprint density at radius 1 is 1.12 bits per heavy atom. The first-order valence-corrected chi connectivity index (χ1v) is 8.99. The zero-order chi connectivity index (χ0) is 17.1. The predicted octanol–water partition coefficient (Wildman–Crippen LogP) is 2.62. The number of nitrogens with zero attached hydrogens (tertiary/aromatic N) is 1. The largest absolute Gasteiger partial charge is 0.366 e. The van der Waals surface area contributed by atoms with Crippen LogP contribution in [0, 0.1) is 11.8 Å². The number of nitrogens with two attached hydrogens (primary N) is 1. The van der Waals surface area contributed by atoms with Crippen LogP contribution in [0.3, 0.4) is 0 Å². The summed E-state index contributed by atoms with van der Waals surface area (Å²) in [6.45, 7) is 4.03. The number of rotatable bonds is 4. The molecule has 1 aromatic carbocycles. The molecule has 0 spiro atoms. The second-order valence-corrected chi connectivity index (χ2v) is 7.20. The quantitative estimate of drug-likeness (QED) is 0.891. The Balaban J connectivity index is 1.57. The average molecular weight is 329 g/mol. The van der Waals surface area contributed by atoms with Crippen molar-refractivity contribution in [3.05, 3.63) is 29.8 Å². The molecular weight excluding hydrogens is 302 g/mol. The molecule has 0 aromatic heterocycles. The van der Waals surface area contributed by atoms with Crippen LogP contribution in [-0.4, -0.2) is 35.8 Å². The van der Waals surface area contributed by atoms with Crippen LogP contribution in [0.5, 0.6) is 0 Å². The summed E-state index contributed by atoms with van der Waals surface area (Å²) < 4.78 is 0. The smallest absolute Gasteiger partial charge is 0.248 e. The van der Waals surface area contributed by atoms with Gasteiger partial charge in [0.15, 0.2) is 0 Å². The lowest BCUT2D eigenvalue weighted by molar-refractivity contribution is -0.122. The zero-order valence-electron chi connectivity index (χ0n) is 14.3. The Morgan fingerprint density at radius 3 is 2.46 bits per heavy atom. The van der Waals surface area contributed by atoms with Gasteiger partial charge in [0.1, 0.15) is 0 Å². The van der Waals surface area contributed by atoms with E-state index in [1.165, 1.54) is 32.1 Å². The van der Waals surface area contributed by atoms with E-state index >= 15 is 0 Å². The molecule has 1 saturated heterocycles. The number of nitrogens with one attached hydrogen (secondary N) is 1. The Labute approximate surface area is 143 Å². The van der Waals surface area contributed by atoms with E-state index in [-0.39, 0.29) is 11.9 Å². The minimum Gasteiger partial charge on any atom is -0.366 e. The summed E-state index contributed by atoms with van der Waals surface area (Å²) in [5.41, 5.74) is 6.37. The number of anilines is 1. The molecule has 2 amide bonds. The van der Waals surface area contributed by atoms with Crippen LogP contribution in [0.2, 0.25) is 0 Å². The molecule has 0 radical (unpaired) electrons. The third kappa shape index (κ3) is 3.78.